The van der Waals surface area contributed by atoms with E-state index in [4.69, 9.17) is 0 Å². The molecule has 0 aromatic heterocycles. The van der Waals surface area contributed by atoms with Crippen LogP contribution in [-0.4, -0.2) is 32.9 Å². The number of methoxy groups -OCH3 is 1. The molecule has 10 heteroatoms. The van der Waals surface area contributed by atoms with E-state index in [1.54, 1.807) is 0 Å². The monoisotopic (exact) mass is 303 g/mol. The van der Waals surface area contributed by atoms with Crippen LogP contribution in [0.4, 0.5) is 10.5 Å². The average molecular weight is 303 g/mol. The number of para-hydroxylation sites is 1. The minimum atomic E-state index is -0.967. The molecule has 0 spiro atoms. The molecule has 102 valence electrons. The Bertz CT molecular complexity index is 524. The van der Waals surface area contributed by atoms with Crippen molar-refractivity contribution in [1.82, 2.24) is 8.83 Å². The summed E-state index contributed by atoms with van der Waals surface area (Å²) in [5.41, 5.74) is -0.636. The Hall–Kier alpha value is -1.94. The summed E-state index contributed by atoms with van der Waals surface area (Å²) in [6, 6.07) is 5.26. The molecule has 8 nitrogen and oxygen atoms in total. The lowest BCUT2D eigenvalue weighted by atomic mass is 10.2. The van der Waals surface area contributed by atoms with Gasteiger partial charge in [-0.05, 0) is 31.7 Å². The number of benzene rings is 1. The lowest BCUT2D eigenvalue weighted by molar-refractivity contribution is -0.385. The number of nitrogens with zero attached hydrogens (tertiary/aromatic N) is 3. The van der Waals surface area contributed by atoms with E-state index in [2.05, 4.69) is 30.4 Å². The van der Waals surface area contributed by atoms with E-state index < -0.39 is 22.6 Å². The molecule has 0 N–H and O–H groups in total. The van der Waals surface area contributed by atoms with Crippen LogP contribution in [0.2, 0.25) is 0 Å². The topological polar surface area (TPSA) is 93.0 Å². The SMILES string of the molecule is COC(=O)N(S)N(S)C(=O)c1ccccc1[N+](=O)[O-]. The number of carbonyl (C=O) groups is 2. The first-order chi connectivity index (χ1) is 8.90. The number of hydrazine groups is 1. The Labute approximate surface area is 119 Å². The first-order valence-corrected chi connectivity index (χ1v) is 5.53. The van der Waals surface area contributed by atoms with Crippen LogP contribution in [0, 0.1) is 10.1 Å². The second-order valence-corrected chi connectivity index (χ2v) is 3.89. The van der Waals surface area contributed by atoms with Gasteiger partial charge in [0.15, 0.2) is 0 Å². The van der Waals surface area contributed by atoms with Crippen LogP contribution < -0.4 is 0 Å². The van der Waals surface area contributed by atoms with Crippen molar-refractivity contribution in [3.05, 3.63) is 39.9 Å². The van der Waals surface area contributed by atoms with E-state index in [1.165, 1.54) is 18.2 Å². The predicted molar refractivity (Wildman–Crippen MR) is 71.5 cm³/mol. The van der Waals surface area contributed by atoms with Crippen molar-refractivity contribution in [2.45, 2.75) is 0 Å². The molecular formula is C9H9N3O5S2. The van der Waals surface area contributed by atoms with Crippen molar-refractivity contribution < 1.29 is 19.2 Å². The van der Waals surface area contributed by atoms with Gasteiger partial charge in [0.2, 0.25) is 0 Å². The molecule has 0 atom stereocenters. The number of thiol groups is 2. The van der Waals surface area contributed by atoms with Crippen LogP contribution in [0.1, 0.15) is 10.4 Å². The number of hydrogen-bond acceptors (Lipinski definition) is 7. The number of nitro groups is 1. The van der Waals surface area contributed by atoms with E-state index in [9.17, 15) is 19.7 Å². The van der Waals surface area contributed by atoms with E-state index in [-0.39, 0.29) is 5.56 Å². The smallest absolute Gasteiger partial charge is 0.439 e. The first-order valence-electron chi connectivity index (χ1n) is 4.73. The summed E-state index contributed by atoms with van der Waals surface area (Å²) in [5.74, 6) is -0.893. The highest BCUT2D eigenvalue weighted by Crippen LogP contribution is 2.22. The van der Waals surface area contributed by atoms with E-state index >= 15 is 0 Å². The largest absolute Gasteiger partial charge is 0.451 e. The van der Waals surface area contributed by atoms with Crippen molar-refractivity contribution in [2.75, 3.05) is 7.11 Å². The molecule has 0 aliphatic rings. The van der Waals surface area contributed by atoms with Gasteiger partial charge in [0.25, 0.3) is 11.6 Å². The van der Waals surface area contributed by atoms with Gasteiger partial charge in [0, 0.05) is 6.07 Å². The molecule has 0 saturated carbocycles. The molecule has 0 aliphatic carbocycles. The van der Waals surface area contributed by atoms with Crippen molar-refractivity contribution in [1.29, 1.82) is 0 Å². The fourth-order valence-electron chi connectivity index (χ4n) is 1.17. The zero-order valence-electron chi connectivity index (χ0n) is 9.59. The Morgan fingerprint density at radius 2 is 1.84 bits per heavy atom. The van der Waals surface area contributed by atoms with Crippen LogP contribution in [0.15, 0.2) is 24.3 Å². The maximum absolute atomic E-state index is 12.0. The summed E-state index contributed by atoms with van der Waals surface area (Å²) in [6.07, 6.45) is -0.967. The van der Waals surface area contributed by atoms with Crippen molar-refractivity contribution in [3.8, 4) is 0 Å². The first kappa shape index (κ1) is 15.1. The molecule has 0 radical (unpaired) electrons. The molecule has 0 heterocycles. The van der Waals surface area contributed by atoms with Crippen LogP contribution in [0.5, 0.6) is 0 Å². The number of carbonyl (C=O) groups excluding carboxylic acids is 2. The summed E-state index contributed by atoms with van der Waals surface area (Å²) in [4.78, 5) is 33.2. The molecule has 1 rings (SSSR count). The quantitative estimate of drug-likeness (QED) is 0.493. The number of ether oxygens (including phenoxy) is 1. The molecule has 0 saturated heterocycles. The van der Waals surface area contributed by atoms with E-state index in [0.29, 0.717) is 8.83 Å². The maximum Gasteiger partial charge on any atom is 0.439 e. The number of amides is 2. The Morgan fingerprint density at radius 3 is 2.37 bits per heavy atom. The van der Waals surface area contributed by atoms with Gasteiger partial charge in [0.1, 0.15) is 5.56 Å². The number of rotatable bonds is 2. The van der Waals surface area contributed by atoms with Crippen molar-refractivity contribution in [2.24, 2.45) is 0 Å². The molecule has 0 fully saturated rings. The number of nitro benzene ring substituents is 1. The summed E-state index contributed by atoms with van der Waals surface area (Å²) in [5, 5.41) is 10.8. The Kier molecular flexibility index (Phi) is 5.01. The number of hydrogen-bond donors (Lipinski definition) is 2. The van der Waals surface area contributed by atoms with Crippen LogP contribution in [0.25, 0.3) is 0 Å². The maximum atomic E-state index is 12.0. The minimum absolute atomic E-state index is 0.231. The van der Waals surface area contributed by atoms with Crippen LogP contribution >= 0.6 is 25.6 Å². The molecule has 0 bridgehead atoms. The van der Waals surface area contributed by atoms with E-state index in [0.717, 1.165) is 13.2 Å². The Balaban J connectivity index is 3.07. The second-order valence-electron chi connectivity index (χ2n) is 3.13. The van der Waals surface area contributed by atoms with Gasteiger partial charge in [-0.2, -0.15) is 4.41 Å². The second kappa shape index (κ2) is 6.29. The summed E-state index contributed by atoms with van der Waals surface area (Å²) < 4.78 is 5.30. The molecule has 2 amide bonds. The molecule has 0 unspecified atom stereocenters. The standard InChI is InChI=1S/C9H9N3O5S2/c1-17-9(14)11(19)10(18)8(13)6-4-2-3-5-7(6)12(15)16/h2-5,18-19H,1H3. The molecule has 19 heavy (non-hydrogen) atoms. The third-order valence-electron chi connectivity index (χ3n) is 2.03. The normalized spacial score (nSPS) is 9.63. The fourth-order valence-corrected chi connectivity index (χ4v) is 1.51. The Morgan fingerprint density at radius 1 is 1.26 bits per heavy atom. The highest BCUT2D eigenvalue weighted by atomic mass is 32.1. The highest BCUT2D eigenvalue weighted by molar-refractivity contribution is 7.81. The summed E-state index contributed by atoms with van der Waals surface area (Å²) >= 11 is 7.44. The average Bonchev–Trinajstić information content (AvgIpc) is 2.43. The fraction of sp³-hybridized carbons (Fsp3) is 0.111. The van der Waals surface area contributed by atoms with Crippen LogP contribution in [0.3, 0.4) is 0 Å². The van der Waals surface area contributed by atoms with E-state index in [1.807, 2.05) is 0 Å². The van der Waals surface area contributed by atoms with Crippen molar-refractivity contribution >= 4 is 43.3 Å². The summed E-state index contributed by atoms with van der Waals surface area (Å²) in [6.45, 7) is 0. The van der Waals surface area contributed by atoms with Gasteiger partial charge in [-0.15, -0.1) is 4.41 Å². The molecule has 1 aromatic rings. The predicted octanol–water partition coefficient (Wildman–Crippen LogP) is 1.71. The van der Waals surface area contributed by atoms with Crippen molar-refractivity contribution in [3.63, 3.8) is 0 Å². The lowest BCUT2D eigenvalue weighted by Crippen LogP contribution is -2.38. The lowest BCUT2D eigenvalue weighted by Gasteiger charge is -2.23. The zero-order valence-corrected chi connectivity index (χ0v) is 11.4. The van der Waals surface area contributed by atoms with Gasteiger partial charge in [-0.25, -0.2) is 4.79 Å². The van der Waals surface area contributed by atoms with Gasteiger partial charge < -0.3 is 4.74 Å². The highest BCUT2D eigenvalue weighted by Gasteiger charge is 2.28. The molecular weight excluding hydrogens is 294 g/mol. The minimum Gasteiger partial charge on any atom is -0.451 e. The molecule has 0 aliphatic heterocycles. The van der Waals surface area contributed by atoms with Gasteiger partial charge in [0.05, 0.1) is 12.0 Å². The van der Waals surface area contributed by atoms with Gasteiger partial charge in [-0.3, -0.25) is 14.9 Å². The zero-order chi connectivity index (χ0) is 14.6. The third kappa shape index (κ3) is 3.29. The third-order valence-corrected chi connectivity index (χ3v) is 2.87. The molecule has 1 aromatic carbocycles. The summed E-state index contributed by atoms with van der Waals surface area (Å²) in [7, 11) is 1.09. The van der Waals surface area contributed by atoms with Gasteiger partial charge in [-0.1, -0.05) is 12.1 Å². The van der Waals surface area contributed by atoms with Gasteiger partial charge >= 0.3 is 6.09 Å². The van der Waals surface area contributed by atoms with Crippen LogP contribution in [-0.2, 0) is 4.74 Å².